The minimum atomic E-state index is -1.14. The third kappa shape index (κ3) is 5.42. The van der Waals surface area contributed by atoms with Crippen LogP contribution in [-0.4, -0.2) is 32.4 Å². The zero-order valence-electron chi connectivity index (χ0n) is 11.8. The van der Waals surface area contributed by atoms with Gasteiger partial charge in [-0.2, -0.15) is 0 Å². The van der Waals surface area contributed by atoms with Gasteiger partial charge in [0.25, 0.3) is 0 Å². The van der Waals surface area contributed by atoms with Gasteiger partial charge in [0.1, 0.15) is 0 Å². The lowest BCUT2D eigenvalue weighted by Crippen LogP contribution is -2.23. The van der Waals surface area contributed by atoms with Crippen molar-refractivity contribution >= 4 is 45.9 Å². The van der Waals surface area contributed by atoms with Crippen molar-refractivity contribution in [1.29, 1.82) is 0 Å². The Morgan fingerprint density at radius 2 is 2.30 bits per heavy atom. The Bertz CT molecular complexity index is 497. The second-order valence-corrected chi connectivity index (χ2v) is 7.55. The monoisotopic (exact) mass is 334 g/mol. The lowest BCUT2D eigenvalue weighted by molar-refractivity contribution is -0.115. The topological polar surface area (TPSA) is 59.1 Å². The molecular formula is C13H19ClN2O2S2. The number of rotatable bonds is 7. The van der Waals surface area contributed by atoms with Crippen molar-refractivity contribution in [2.75, 3.05) is 17.3 Å². The van der Waals surface area contributed by atoms with Crippen LogP contribution < -0.4 is 5.32 Å². The third-order valence-corrected chi connectivity index (χ3v) is 5.04. The molecule has 112 valence electrons. The van der Waals surface area contributed by atoms with Crippen LogP contribution in [0.4, 0.5) is 5.82 Å². The van der Waals surface area contributed by atoms with E-state index in [1.165, 1.54) is 6.20 Å². The molecule has 0 radical (unpaired) electrons. The average Bonchev–Trinajstić information content (AvgIpc) is 2.40. The van der Waals surface area contributed by atoms with E-state index in [4.69, 9.17) is 11.6 Å². The summed E-state index contributed by atoms with van der Waals surface area (Å²) in [6.07, 6.45) is 5.23. The third-order valence-electron chi connectivity index (χ3n) is 2.62. The molecule has 1 rings (SSSR count). The second-order valence-electron chi connectivity index (χ2n) is 4.31. The number of carbonyl (C=O) groups is 1. The van der Waals surface area contributed by atoms with Crippen LogP contribution in [-0.2, 0) is 15.6 Å². The van der Waals surface area contributed by atoms with Gasteiger partial charge in [-0.1, -0.05) is 24.9 Å². The van der Waals surface area contributed by atoms with Crippen LogP contribution in [0.1, 0.15) is 26.7 Å². The summed E-state index contributed by atoms with van der Waals surface area (Å²) in [4.78, 5) is 16.6. The first-order chi connectivity index (χ1) is 9.45. The Labute approximate surface area is 131 Å². The Kier molecular flexibility index (Phi) is 7.55. The van der Waals surface area contributed by atoms with E-state index < -0.39 is 10.8 Å². The van der Waals surface area contributed by atoms with Crippen LogP contribution in [0.15, 0.2) is 17.2 Å². The molecule has 0 fully saturated rings. The van der Waals surface area contributed by atoms with Gasteiger partial charge in [0.15, 0.2) is 5.82 Å². The van der Waals surface area contributed by atoms with Crippen LogP contribution in [0, 0.1) is 0 Å². The number of halogens is 1. The van der Waals surface area contributed by atoms with Crippen LogP contribution in [0.2, 0.25) is 5.02 Å². The molecule has 0 aliphatic heterocycles. The van der Waals surface area contributed by atoms with Crippen LogP contribution in [0.3, 0.4) is 0 Å². The highest BCUT2D eigenvalue weighted by Gasteiger charge is 2.15. The molecule has 4 nitrogen and oxygen atoms in total. The van der Waals surface area contributed by atoms with Gasteiger partial charge < -0.3 is 5.32 Å². The quantitative estimate of drug-likeness (QED) is 0.777. The van der Waals surface area contributed by atoms with Crippen molar-refractivity contribution in [3.63, 3.8) is 0 Å². The maximum absolute atomic E-state index is 12.0. The zero-order valence-corrected chi connectivity index (χ0v) is 14.2. The predicted molar refractivity (Wildman–Crippen MR) is 87.0 cm³/mol. The van der Waals surface area contributed by atoms with E-state index in [2.05, 4.69) is 17.2 Å². The molecule has 1 heterocycles. The maximum Gasteiger partial charge on any atom is 0.238 e. The smallest absolute Gasteiger partial charge is 0.238 e. The zero-order chi connectivity index (χ0) is 15.1. The van der Waals surface area contributed by atoms with Crippen molar-refractivity contribution < 1.29 is 9.00 Å². The second kappa shape index (κ2) is 8.64. The summed E-state index contributed by atoms with van der Waals surface area (Å²) in [5.74, 6) is 1.15. The number of amides is 1. The molecule has 0 bridgehead atoms. The van der Waals surface area contributed by atoms with Crippen molar-refractivity contribution in [1.82, 2.24) is 4.98 Å². The molecule has 0 saturated heterocycles. The summed E-state index contributed by atoms with van der Waals surface area (Å²) in [7, 11) is -1.14. The number of aromatic nitrogens is 1. The van der Waals surface area contributed by atoms with Gasteiger partial charge in [0.05, 0.1) is 26.0 Å². The van der Waals surface area contributed by atoms with Gasteiger partial charge in [-0.25, -0.2) is 4.98 Å². The van der Waals surface area contributed by atoms with Gasteiger partial charge in [0, 0.05) is 12.5 Å². The van der Waals surface area contributed by atoms with E-state index in [9.17, 15) is 9.00 Å². The molecule has 7 heteroatoms. The normalized spacial score (nSPS) is 13.8. The molecule has 0 saturated carbocycles. The lowest BCUT2D eigenvalue weighted by atomic mass is 10.4. The highest BCUT2D eigenvalue weighted by Crippen LogP contribution is 2.23. The number of anilines is 1. The number of unbranched alkanes of at least 4 members (excludes halogenated alkanes) is 1. The first kappa shape index (κ1) is 17.5. The highest BCUT2D eigenvalue weighted by molar-refractivity contribution is 8.00. The van der Waals surface area contributed by atoms with Crippen molar-refractivity contribution in [2.24, 2.45) is 0 Å². The lowest BCUT2D eigenvalue weighted by Gasteiger charge is -2.12. The predicted octanol–water partition coefficient (Wildman–Crippen LogP) is 3.33. The molecular weight excluding hydrogens is 316 g/mol. The summed E-state index contributed by atoms with van der Waals surface area (Å²) in [5, 5.41) is 2.85. The van der Waals surface area contributed by atoms with Gasteiger partial charge in [-0.15, -0.1) is 11.8 Å². The Morgan fingerprint density at radius 1 is 1.60 bits per heavy atom. The van der Waals surface area contributed by atoms with E-state index in [0.717, 1.165) is 18.6 Å². The average molecular weight is 335 g/mol. The summed E-state index contributed by atoms with van der Waals surface area (Å²) in [6.45, 7) is 3.98. The van der Waals surface area contributed by atoms with Crippen molar-refractivity contribution in [2.45, 2.75) is 36.8 Å². The number of nitrogens with one attached hydrogen (secondary N) is 1. The summed E-state index contributed by atoms with van der Waals surface area (Å²) >= 11 is 7.64. The SMILES string of the molecule is CCCCSC(C)C(=O)Nc1ncc(S(C)=O)cc1Cl. The molecule has 0 aliphatic rings. The number of hydrogen-bond acceptors (Lipinski definition) is 4. The fourth-order valence-electron chi connectivity index (χ4n) is 1.37. The van der Waals surface area contributed by atoms with Crippen LogP contribution in [0.5, 0.6) is 0 Å². The van der Waals surface area contributed by atoms with Crippen molar-refractivity contribution in [3.8, 4) is 0 Å². The summed E-state index contributed by atoms with van der Waals surface area (Å²) in [6, 6.07) is 1.56. The van der Waals surface area contributed by atoms with E-state index in [1.807, 2.05) is 6.92 Å². The fraction of sp³-hybridized carbons (Fsp3) is 0.538. The molecule has 0 aliphatic carbocycles. The largest absolute Gasteiger partial charge is 0.308 e. The minimum absolute atomic E-state index is 0.120. The van der Waals surface area contributed by atoms with Crippen LogP contribution >= 0.6 is 23.4 Å². The van der Waals surface area contributed by atoms with Gasteiger partial charge in [0.2, 0.25) is 5.91 Å². The number of nitrogens with zero attached hydrogens (tertiary/aromatic N) is 1. The van der Waals surface area contributed by atoms with E-state index in [0.29, 0.717) is 15.7 Å². The molecule has 0 spiro atoms. The van der Waals surface area contributed by atoms with E-state index in [-0.39, 0.29) is 11.2 Å². The number of carbonyl (C=O) groups excluding carboxylic acids is 1. The Balaban J connectivity index is 2.64. The van der Waals surface area contributed by atoms with Gasteiger partial charge in [-0.05, 0) is 25.2 Å². The molecule has 1 amide bonds. The standard InChI is InChI=1S/C13H19ClN2O2S2/c1-4-5-6-19-9(2)13(17)16-12-11(14)7-10(8-15-12)20(3)18/h7-9H,4-6H2,1-3H3,(H,15,16,17). The van der Waals surface area contributed by atoms with E-state index in [1.54, 1.807) is 24.1 Å². The number of thioether (sulfide) groups is 1. The Morgan fingerprint density at radius 3 is 2.85 bits per heavy atom. The molecule has 20 heavy (non-hydrogen) atoms. The molecule has 2 unspecified atom stereocenters. The molecule has 2 atom stereocenters. The summed E-state index contributed by atoms with van der Waals surface area (Å²) < 4.78 is 11.3. The van der Waals surface area contributed by atoms with Crippen molar-refractivity contribution in [3.05, 3.63) is 17.3 Å². The number of pyridine rings is 1. The fourth-order valence-corrected chi connectivity index (χ4v) is 3.15. The molecule has 1 N–H and O–H groups in total. The summed E-state index contributed by atoms with van der Waals surface area (Å²) in [5.41, 5.74) is 0. The minimum Gasteiger partial charge on any atom is -0.308 e. The highest BCUT2D eigenvalue weighted by atomic mass is 35.5. The molecule has 0 aromatic carbocycles. The van der Waals surface area contributed by atoms with Gasteiger partial charge >= 0.3 is 0 Å². The first-order valence-electron chi connectivity index (χ1n) is 6.37. The Hall–Kier alpha value is -0.590. The maximum atomic E-state index is 12.0. The van der Waals surface area contributed by atoms with Crippen LogP contribution in [0.25, 0.3) is 0 Å². The molecule has 1 aromatic rings. The van der Waals surface area contributed by atoms with Gasteiger partial charge in [-0.3, -0.25) is 9.00 Å². The van der Waals surface area contributed by atoms with E-state index >= 15 is 0 Å². The molecule has 1 aromatic heterocycles. The number of hydrogen-bond donors (Lipinski definition) is 1. The first-order valence-corrected chi connectivity index (χ1v) is 9.35.